The number of H-pyrrole nitrogens is 1. The van der Waals surface area contributed by atoms with Crippen LogP contribution in [0.3, 0.4) is 0 Å². The number of ketones is 1. The van der Waals surface area contributed by atoms with Gasteiger partial charge in [0.2, 0.25) is 5.78 Å². The van der Waals surface area contributed by atoms with E-state index in [1.807, 2.05) is 12.1 Å². The molecular weight excluding hydrogens is 474 g/mol. The Morgan fingerprint density at radius 1 is 1.17 bits per heavy atom. The number of carbonyl (C=O) groups is 1. The molecule has 0 amide bonds. The second-order valence-corrected chi connectivity index (χ2v) is 7.20. The van der Waals surface area contributed by atoms with E-state index in [9.17, 15) is 19.7 Å². The maximum absolute atomic E-state index is 12.3. The lowest BCUT2D eigenvalue weighted by Gasteiger charge is -1.99. The number of carbonyl (C=O) groups excluding carboxylic acids is 1. The number of aromatic nitrogens is 1. The first kappa shape index (κ1) is 21.3. The van der Waals surface area contributed by atoms with Crippen molar-refractivity contribution in [1.82, 2.24) is 0 Å². The van der Waals surface area contributed by atoms with E-state index < -0.39 is 10.5 Å². The molecule has 0 aliphatic rings. The number of anilines is 1. The fourth-order valence-electron chi connectivity index (χ4n) is 2.79. The van der Waals surface area contributed by atoms with Crippen LogP contribution in [0.2, 0.25) is 0 Å². The second kappa shape index (κ2) is 8.97. The molecule has 0 radical (unpaired) electrons. The molecule has 8 nitrogen and oxygen atoms in total. The predicted molar refractivity (Wildman–Crippen MR) is 108 cm³/mol. The molecule has 0 saturated heterocycles. The maximum atomic E-state index is 12.3. The molecule has 0 aliphatic heterocycles. The summed E-state index contributed by atoms with van der Waals surface area (Å²) in [5.41, 5.74) is 0.816. The van der Waals surface area contributed by atoms with Crippen molar-refractivity contribution in [2.75, 3.05) is 11.9 Å². The minimum atomic E-state index is -0.516. The topological polar surface area (TPSA) is 117 Å². The average Bonchev–Trinajstić information content (AvgIpc) is 3.20. The van der Waals surface area contributed by atoms with Gasteiger partial charge in [0, 0.05) is 23.1 Å². The smallest absolute Gasteiger partial charge is 0.345 e. The van der Waals surface area contributed by atoms with E-state index in [4.69, 9.17) is 4.42 Å². The van der Waals surface area contributed by atoms with E-state index in [1.165, 1.54) is 35.6 Å². The Kier molecular flexibility index (Phi) is 6.38. The molecule has 30 heavy (non-hydrogen) atoms. The molecule has 4 rings (SSSR count). The van der Waals surface area contributed by atoms with Crippen LogP contribution in [-0.4, -0.2) is 17.3 Å². The first-order valence-corrected chi connectivity index (χ1v) is 9.39. The van der Waals surface area contributed by atoms with Crippen molar-refractivity contribution in [2.45, 2.75) is 0 Å². The number of nitro groups is 1. The van der Waals surface area contributed by atoms with Gasteiger partial charge in [0.05, 0.1) is 15.4 Å². The molecule has 152 valence electrons. The number of rotatable bonds is 6. The largest absolute Gasteiger partial charge is 1.00 e. The van der Waals surface area contributed by atoms with E-state index in [0.29, 0.717) is 26.7 Å². The van der Waals surface area contributed by atoms with Gasteiger partial charge in [0.1, 0.15) is 18.3 Å². The molecule has 0 fully saturated rings. The lowest BCUT2D eigenvalue weighted by atomic mass is 10.1. The van der Waals surface area contributed by atoms with E-state index in [1.54, 1.807) is 24.4 Å². The van der Waals surface area contributed by atoms with Crippen molar-refractivity contribution in [3.8, 4) is 10.4 Å². The number of hydrogen-bond donors (Lipinski definition) is 1. The molecule has 2 N–H and O–H groups in total. The Bertz CT molecular complexity index is 1280. The summed E-state index contributed by atoms with van der Waals surface area (Å²) in [5, 5.41) is 15.1. The number of hydrogen-bond acceptors (Lipinski definition) is 7. The minimum absolute atomic E-state index is 0. The van der Waals surface area contributed by atoms with Crippen LogP contribution in [-0.2, 0) is 0 Å². The van der Waals surface area contributed by atoms with Crippen LogP contribution in [0.4, 0.5) is 10.8 Å². The maximum Gasteiger partial charge on any atom is 0.345 e. The van der Waals surface area contributed by atoms with Crippen molar-refractivity contribution in [3.05, 3.63) is 86.9 Å². The monoisotopic (exact) mass is 487 g/mol. The molecule has 4 aromatic rings. The summed E-state index contributed by atoms with van der Waals surface area (Å²) in [6.45, 7) is 0.000587. The number of nitrogens with zero attached hydrogens (tertiary/aromatic N) is 1. The first-order chi connectivity index (χ1) is 14.0. The minimum Gasteiger partial charge on any atom is -1.00 e. The fourth-order valence-corrected chi connectivity index (χ4v) is 3.64. The number of nitro benzene ring substituents is 1. The third-order valence-electron chi connectivity index (χ3n) is 4.26. The summed E-state index contributed by atoms with van der Waals surface area (Å²) in [6, 6.07) is 14.5. The van der Waals surface area contributed by atoms with Gasteiger partial charge in [0.15, 0.2) is 0 Å². The first-order valence-electron chi connectivity index (χ1n) is 8.57. The Morgan fingerprint density at radius 2 is 1.90 bits per heavy atom. The number of aromatic amines is 1. The highest BCUT2D eigenvalue weighted by molar-refractivity contribution is 7.18. The van der Waals surface area contributed by atoms with E-state index in [2.05, 4.69) is 10.3 Å². The highest BCUT2D eigenvalue weighted by atomic mass is 79.9. The third-order valence-corrected chi connectivity index (χ3v) is 5.29. The molecule has 10 heteroatoms. The van der Waals surface area contributed by atoms with Gasteiger partial charge >= 0.3 is 10.8 Å². The van der Waals surface area contributed by atoms with E-state index in [-0.39, 0.29) is 35.0 Å². The number of thiazole rings is 1. The van der Waals surface area contributed by atoms with Crippen LogP contribution < -0.4 is 32.9 Å². The summed E-state index contributed by atoms with van der Waals surface area (Å²) >= 11 is 1.28. The summed E-state index contributed by atoms with van der Waals surface area (Å²) in [6.07, 6.45) is 1.67. The van der Waals surface area contributed by atoms with Crippen molar-refractivity contribution in [1.29, 1.82) is 0 Å². The molecule has 0 spiro atoms. The summed E-state index contributed by atoms with van der Waals surface area (Å²) in [5.74, 6) is -0.214. The SMILES string of the molecule is O=C(CNc1[nH+]cc(-c2cc3ccccc3oc2=O)s1)c1ccc([N+](=O)[O-])cc1.[Br-]. The predicted octanol–water partition coefficient (Wildman–Crippen LogP) is 0.543. The van der Waals surface area contributed by atoms with Gasteiger partial charge in [-0.25, -0.2) is 9.78 Å². The third kappa shape index (κ3) is 4.44. The molecule has 0 bridgehead atoms. The highest BCUT2D eigenvalue weighted by Gasteiger charge is 2.16. The number of nitrogens with one attached hydrogen (secondary N) is 2. The number of non-ortho nitro benzene ring substituents is 1. The molecule has 2 aromatic heterocycles. The van der Waals surface area contributed by atoms with Crippen molar-refractivity contribution in [2.24, 2.45) is 0 Å². The number of halogens is 1. The number of para-hydroxylation sites is 1. The van der Waals surface area contributed by atoms with E-state index in [0.717, 1.165) is 5.39 Å². The fraction of sp³-hybridized carbons (Fsp3) is 0.0500. The Balaban J connectivity index is 0.00000256. The molecule has 0 atom stereocenters. The Morgan fingerprint density at radius 3 is 2.63 bits per heavy atom. The van der Waals surface area contributed by atoms with Gasteiger partial charge in [-0.1, -0.05) is 18.2 Å². The van der Waals surface area contributed by atoms with Crippen LogP contribution in [0.15, 0.2) is 70.0 Å². The summed E-state index contributed by atoms with van der Waals surface area (Å²) in [7, 11) is 0. The van der Waals surface area contributed by atoms with Crippen LogP contribution >= 0.6 is 11.3 Å². The van der Waals surface area contributed by atoms with Crippen molar-refractivity contribution >= 4 is 38.9 Å². The molecule has 2 heterocycles. The van der Waals surface area contributed by atoms with Crippen molar-refractivity contribution < 1.29 is 36.1 Å². The van der Waals surface area contributed by atoms with Gasteiger partial charge < -0.3 is 21.4 Å². The zero-order valence-electron chi connectivity index (χ0n) is 15.3. The van der Waals surface area contributed by atoms with Gasteiger partial charge in [0.25, 0.3) is 5.69 Å². The number of Topliss-reactive ketones (excluding diaryl/α,β-unsaturated/α-hetero) is 1. The Hall–Kier alpha value is -3.37. The van der Waals surface area contributed by atoms with Gasteiger partial charge in [-0.3, -0.25) is 20.2 Å². The van der Waals surface area contributed by atoms with Crippen molar-refractivity contribution in [3.63, 3.8) is 0 Å². The zero-order chi connectivity index (χ0) is 20.4. The van der Waals surface area contributed by atoms with Crippen LogP contribution in [0.1, 0.15) is 10.4 Å². The van der Waals surface area contributed by atoms with E-state index >= 15 is 0 Å². The normalized spacial score (nSPS) is 10.4. The number of benzene rings is 2. The Labute approximate surface area is 184 Å². The van der Waals surface area contributed by atoms with Gasteiger partial charge in [-0.15, -0.1) is 0 Å². The van der Waals surface area contributed by atoms with Crippen LogP contribution in [0, 0.1) is 10.1 Å². The molecular formula is C20H14BrN3O5S. The summed E-state index contributed by atoms with van der Waals surface area (Å²) in [4.78, 5) is 38.4. The molecule has 2 aromatic carbocycles. The summed E-state index contributed by atoms with van der Waals surface area (Å²) < 4.78 is 5.35. The van der Waals surface area contributed by atoms with Crippen LogP contribution in [0.5, 0.6) is 0 Å². The number of fused-ring (bicyclic) bond motifs is 1. The molecule has 0 saturated carbocycles. The lowest BCUT2D eigenvalue weighted by molar-refractivity contribution is -0.384. The van der Waals surface area contributed by atoms with Crippen LogP contribution in [0.25, 0.3) is 21.4 Å². The zero-order valence-corrected chi connectivity index (χ0v) is 17.7. The quantitative estimate of drug-likeness (QED) is 0.183. The lowest BCUT2D eigenvalue weighted by Crippen LogP contribution is -3.00. The standard InChI is InChI=1S/C20H13N3O5S.BrH/c24-16(12-5-7-14(8-6-12)23(26)27)10-21-20-22-11-18(29-20)15-9-13-3-1-2-4-17(13)28-19(15)25;/h1-9,11H,10H2,(H,21,22);1H. The second-order valence-electron chi connectivity index (χ2n) is 6.15. The average molecular weight is 488 g/mol. The highest BCUT2D eigenvalue weighted by Crippen LogP contribution is 2.26. The van der Waals surface area contributed by atoms with Gasteiger partial charge in [-0.05, 0) is 35.6 Å². The molecule has 0 aliphatic carbocycles. The van der Waals surface area contributed by atoms with Gasteiger partial charge in [-0.2, -0.15) is 0 Å². The molecule has 0 unspecified atom stereocenters.